The van der Waals surface area contributed by atoms with Crippen molar-refractivity contribution in [1.29, 1.82) is 0 Å². The van der Waals surface area contributed by atoms with E-state index in [0.29, 0.717) is 28.5 Å². The van der Waals surface area contributed by atoms with Crippen LogP contribution in [0, 0.1) is 0 Å². The van der Waals surface area contributed by atoms with Crippen molar-refractivity contribution < 1.29 is 23.8 Å². The zero-order valence-corrected chi connectivity index (χ0v) is 23.8. The highest BCUT2D eigenvalue weighted by atomic mass is 35.5. The molecule has 0 atom stereocenters. The standard InChI is InChI=1S/C28H24Cl2N4O5S/c1-3-38-24-13-17(12-22(30)26(24)39-15-25(35)37-2)14-31-34-27(36)19-6-4-18(5-7-19)23-16-40-28(33-23)32-21-10-8-20(29)9-11-21/h4-14,16H,3,15H2,1-2H3,(H,32,33)(H,34,36)/b31-14-. The molecule has 0 aliphatic heterocycles. The summed E-state index contributed by atoms with van der Waals surface area (Å²) < 4.78 is 15.6. The second kappa shape index (κ2) is 13.8. The van der Waals surface area contributed by atoms with Crippen LogP contribution in [-0.4, -0.2) is 43.4 Å². The first-order chi connectivity index (χ1) is 19.4. The molecule has 0 unspecified atom stereocenters. The molecule has 4 aromatic rings. The number of benzene rings is 3. The molecule has 9 nitrogen and oxygen atoms in total. The number of carbonyl (C=O) groups is 2. The molecule has 0 bridgehead atoms. The minimum Gasteiger partial charge on any atom is -0.490 e. The molecule has 4 rings (SSSR count). The van der Waals surface area contributed by atoms with E-state index in [-0.39, 0.29) is 23.3 Å². The number of ether oxygens (including phenoxy) is 3. The van der Waals surface area contributed by atoms with Gasteiger partial charge >= 0.3 is 5.97 Å². The average molecular weight is 599 g/mol. The van der Waals surface area contributed by atoms with E-state index >= 15 is 0 Å². The Balaban J connectivity index is 1.37. The molecule has 206 valence electrons. The second-order valence-corrected chi connectivity index (χ2v) is 9.78. The molecule has 1 aromatic heterocycles. The first kappa shape index (κ1) is 28.9. The van der Waals surface area contributed by atoms with E-state index in [0.717, 1.165) is 22.1 Å². The number of hydrogen-bond donors (Lipinski definition) is 2. The molecule has 0 saturated carbocycles. The second-order valence-electron chi connectivity index (χ2n) is 8.07. The van der Waals surface area contributed by atoms with Gasteiger partial charge in [-0.2, -0.15) is 5.10 Å². The van der Waals surface area contributed by atoms with Gasteiger partial charge < -0.3 is 19.5 Å². The van der Waals surface area contributed by atoms with Crippen molar-refractivity contribution in [1.82, 2.24) is 10.4 Å². The number of aromatic nitrogens is 1. The van der Waals surface area contributed by atoms with Gasteiger partial charge in [0.15, 0.2) is 23.2 Å². The topological polar surface area (TPSA) is 111 Å². The van der Waals surface area contributed by atoms with Crippen LogP contribution in [0.1, 0.15) is 22.8 Å². The summed E-state index contributed by atoms with van der Waals surface area (Å²) >= 11 is 13.7. The van der Waals surface area contributed by atoms with Gasteiger partial charge in [0.1, 0.15) is 0 Å². The predicted molar refractivity (Wildman–Crippen MR) is 157 cm³/mol. The molecule has 2 N–H and O–H groups in total. The zero-order valence-electron chi connectivity index (χ0n) is 21.4. The number of rotatable bonds is 11. The first-order valence-electron chi connectivity index (χ1n) is 11.9. The lowest BCUT2D eigenvalue weighted by molar-refractivity contribution is -0.142. The van der Waals surface area contributed by atoms with E-state index in [9.17, 15) is 9.59 Å². The molecule has 12 heteroatoms. The summed E-state index contributed by atoms with van der Waals surface area (Å²) in [7, 11) is 1.26. The van der Waals surface area contributed by atoms with Gasteiger partial charge in [-0.15, -0.1) is 11.3 Å². The van der Waals surface area contributed by atoms with Gasteiger partial charge in [-0.05, 0) is 61.0 Å². The smallest absolute Gasteiger partial charge is 0.343 e. The number of esters is 1. The third kappa shape index (κ3) is 7.72. The molecule has 0 aliphatic carbocycles. The third-order valence-corrected chi connectivity index (χ3v) is 6.61. The molecule has 0 radical (unpaired) electrons. The van der Waals surface area contributed by atoms with Crippen LogP contribution in [0.15, 0.2) is 71.1 Å². The van der Waals surface area contributed by atoms with Crippen LogP contribution in [-0.2, 0) is 9.53 Å². The lowest BCUT2D eigenvalue weighted by atomic mass is 10.1. The summed E-state index contributed by atoms with van der Waals surface area (Å²) in [4.78, 5) is 28.6. The number of nitrogens with zero attached hydrogens (tertiary/aromatic N) is 2. The largest absolute Gasteiger partial charge is 0.490 e. The molecule has 0 saturated heterocycles. The molecular formula is C28H24Cl2N4O5S. The minimum absolute atomic E-state index is 0.211. The van der Waals surface area contributed by atoms with Crippen LogP contribution in [0.4, 0.5) is 10.8 Å². The molecule has 0 spiro atoms. The SMILES string of the molecule is CCOc1cc(/C=N\NC(=O)c2ccc(-c3csc(Nc4ccc(Cl)cc4)n3)cc2)cc(Cl)c1OCC(=O)OC. The molecular weight excluding hydrogens is 575 g/mol. The molecule has 1 heterocycles. The Morgan fingerprint density at radius 3 is 2.50 bits per heavy atom. The molecule has 0 aliphatic rings. The number of hydrogen-bond acceptors (Lipinski definition) is 9. The van der Waals surface area contributed by atoms with Gasteiger partial charge in [-0.25, -0.2) is 15.2 Å². The molecule has 40 heavy (non-hydrogen) atoms. The number of anilines is 2. The predicted octanol–water partition coefficient (Wildman–Crippen LogP) is 6.57. The summed E-state index contributed by atoms with van der Waals surface area (Å²) in [6.07, 6.45) is 1.43. The number of thiazole rings is 1. The van der Waals surface area contributed by atoms with Crippen molar-refractivity contribution in [2.45, 2.75) is 6.92 Å². The molecule has 3 aromatic carbocycles. The fourth-order valence-electron chi connectivity index (χ4n) is 3.40. The van der Waals surface area contributed by atoms with Gasteiger partial charge in [0.25, 0.3) is 5.91 Å². The Bertz CT molecular complexity index is 1510. The van der Waals surface area contributed by atoms with E-state index in [1.165, 1.54) is 24.7 Å². The summed E-state index contributed by atoms with van der Waals surface area (Å²) in [6.45, 7) is 1.83. The van der Waals surface area contributed by atoms with Gasteiger partial charge in [-0.1, -0.05) is 35.3 Å². The number of halogens is 2. The van der Waals surface area contributed by atoms with Crippen molar-refractivity contribution >= 4 is 63.4 Å². The first-order valence-corrected chi connectivity index (χ1v) is 13.6. The van der Waals surface area contributed by atoms with E-state index in [1.54, 1.807) is 43.3 Å². The van der Waals surface area contributed by atoms with Gasteiger partial charge in [0, 0.05) is 27.2 Å². The van der Waals surface area contributed by atoms with E-state index in [4.69, 9.17) is 32.7 Å². The maximum Gasteiger partial charge on any atom is 0.343 e. The Morgan fingerprint density at radius 1 is 1.05 bits per heavy atom. The summed E-state index contributed by atoms with van der Waals surface area (Å²) in [5.74, 6) is -0.401. The Kier molecular flexibility index (Phi) is 9.96. The Labute approximate surface area is 244 Å². The highest BCUT2D eigenvalue weighted by Gasteiger charge is 2.14. The summed E-state index contributed by atoms with van der Waals surface area (Å²) in [5.41, 5.74) is 6.02. The van der Waals surface area contributed by atoms with Gasteiger partial charge in [0.2, 0.25) is 0 Å². The van der Waals surface area contributed by atoms with Crippen LogP contribution >= 0.6 is 34.5 Å². The maximum atomic E-state index is 12.6. The van der Waals surface area contributed by atoms with Crippen LogP contribution in [0.2, 0.25) is 10.0 Å². The van der Waals surface area contributed by atoms with Gasteiger partial charge in [-0.3, -0.25) is 4.79 Å². The highest BCUT2D eigenvalue weighted by Crippen LogP contribution is 2.36. The fraction of sp³-hybridized carbons (Fsp3) is 0.143. The maximum absolute atomic E-state index is 12.6. The fourth-order valence-corrected chi connectivity index (χ4v) is 4.54. The number of nitrogens with one attached hydrogen (secondary N) is 2. The zero-order chi connectivity index (χ0) is 28.5. The van der Waals surface area contributed by atoms with Gasteiger partial charge in [0.05, 0.1) is 30.6 Å². The van der Waals surface area contributed by atoms with Crippen LogP contribution in [0.5, 0.6) is 11.5 Å². The van der Waals surface area contributed by atoms with Crippen LogP contribution in [0.25, 0.3) is 11.3 Å². The minimum atomic E-state index is -0.553. The van der Waals surface area contributed by atoms with E-state index in [2.05, 4.69) is 25.6 Å². The Hall–Kier alpha value is -4.12. The average Bonchev–Trinajstić information content (AvgIpc) is 3.42. The summed E-state index contributed by atoms with van der Waals surface area (Å²) in [6, 6.07) is 17.6. The van der Waals surface area contributed by atoms with Crippen LogP contribution < -0.4 is 20.2 Å². The van der Waals surface area contributed by atoms with Crippen molar-refractivity contribution in [2.24, 2.45) is 5.10 Å². The van der Waals surface area contributed by atoms with Crippen molar-refractivity contribution in [3.05, 3.63) is 87.2 Å². The Morgan fingerprint density at radius 2 is 1.80 bits per heavy atom. The van der Waals surface area contributed by atoms with E-state index < -0.39 is 5.97 Å². The quantitative estimate of drug-likeness (QED) is 0.114. The van der Waals surface area contributed by atoms with E-state index in [1.807, 2.05) is 29.6 Å². The molecule has 1 amide bonds. The summed E-state index contributed by atoms with van der Waals surface area (Å²) in [5, 5.41) is 10.8. The lowest BCUT2D eigenvalue weighted by Gasteiger charge is -2.13. The van der Waals surface area contributed by atoms with Crippen molar-refractivity contribution in [3.63, 3.8) is 0 Å². The molecule has 0 fully saturated rings. The third-order valence-electron chi connectivity index (χ3n) is 5.32. The normalized spacial score (nSPS) is 10.8. The number of methoxy groups -OCH3 is 1. The van der Waals surface area contributed by atoms with Crippen molar-refractivity contribution in [3.8, 4) is 22.8 Å². The van der Waals surface area contributed by atoms with Crippen LogP contribution in [0.3, 0.4) is 0 Å². The number of hydrazone groups is 1. The monoisotopic (exact) mass is 598 g/mol. The van der Waals surface area contributed by atoms with Crippen molar-refractivity contribution in [2.75, 3.05) is 25.6 Å². The lowest BCUT2D eigenvalue weighted by Crippen LogP contribution is -2.17. The number of carbonyl (C=O) groups excluding carboxylic acids is 2. The number of amides is 1. The highest BCUT2D eigenvalue weighted by molar-refractivity contribution is 7.14.